The Morgan fingerprint density at radius 2 is 2.00 bits per heavy atom. The van der Waals surface area contributed by atoms with Crippen LogP contribution in [0.15, 0.2) is 29.4 Å². The molecule has 88 valence electrons. The molecular formula is C11H15ClN2O2. The Labute approximate surface area is 99.7 Å². The predicted molar refractivity (Wildman–Crippen MR) is 64.2 cm³/mol. The van der Waals surface area contributed by atoms with E-state index in [0.29, 0.717) is 18.1 Å². The van der Waals surface area contributed by atoms with E-state index in [2.05, 4.69) is 5.16 Å². The Hall–Kier alpha value is -1.42. The van der Waals surface area contributed by atoms with Gasteiger partial charge >= 0.3 is 0 Å². The third kappa shape index (κ3) is 4.89. The lowest BCUT2D eigenvalue weighted by Gasteiger charge is -2.05. The first-order chi connectivity index (χ1) is 7.72. The second-order valence-electron chi connectivity index (χ2n) is 3.35. The highest BCUT2D eigenvalue weighted by molar-refractivity contribution is 6.30. The summed E-state index contributed by atoms with van der Waals surface area (Å²) in [4.78, 5) is 0. The number of ether oxygens (including phenoxy) is 1. The zero-order valence-electron chi connectivity index (χ0n) is 8.90. The van der Waals surface area contributed by atoms with E-state index >= 15 is 0 Å². The Morgan fingerprint density at radius 1 is 1.31 bits per heavy atom. The van der Waals surface area contributed by atoms with Gasteiger partial charge in [-0.25, -0.2) is 0 Å². The molecule has 0 heterocycles. The summed E-state index contributed by atoms with van der Waals surface area (Å²) in [5.41, 5.74) is 5.33. The third-order valence-corrected chi connectivity index (χ3v) is 2.29. The normalized spacial score (nSPS) is 11.4. The number of nitrogens with two attached hydrogens (primary N) is 1. The smallest absolute Gasteiger partial charge is 0.139 e. The highest BCUT2D eigenvalue weighted by atomic mass is 35.5. The van der Waals surface area contributed by atoms with Crippen molar-refractivity contribution in [2.24, 2.45) is 10.9 Å². The molecule has 16 heavy (non-hydrogen) atoms. The molecule has 3 N–H and O–H groups in total. The van der Waals surface area contributed by atoms with Gasteiger partial charge in [0.25, 0.3) is 0 Å². The fourth-order valence-electron chi connectivity index (χ4n) is 1.18. The van der Waals surface area contributed by atoms with Gasteiger partial charge in [-0.05, 0) is 37.1 Å². The van der Waals surface area contributed by atoms with Crippen molar-refractivity contribution in [1.82, 2.24) is 0 Å². The molecule has 5 heteroatoms. The summed E-state index contributed by atoms with van der Waals surface area (Å²) >= 11 is 5.74. The molecular weight excluding hydrogens is 228 g/mol. The Morgan fingerprint density at radius 3 is 2.62 bits per heavy atom. The van der Waals surface area contributed by atoms with Crippen molar-refractivity contribution < 1.29 is 9.94 Å². The van der Waals surface area contributed by atoms with Crippen molar-refractivity contribution >= 4 is 17.4 Å². The van der Waals surface area contributed by atoms with Gasteiger partial charge in [-0.15, -0.1) is 0 Å². The van der Waals surface area contributed by atoms with Crippen LogP contribution in [0, 0.1) is 0 Å². The van der Waals surface area contributed by atoms with Crippen LogP contribution in [-0.4, -0.2) is 17.6 Å². The molecule has 0 aliphatic rings. The maximum absolute atomic E-state index is 8.31. The zero-order chi connectivity index (χ0) is 11.8. The van der Waals surface area contributed by atoms with E-state index in [9.17, 15) is 0 Å². The lowest BCUT2D eigenvalue weighted by molar-refractivity contribution is 0.304. The highest BCUT2D eigenvalue weighted by Gasteiger charge is 1.96. The van der Waals surface area contributed by atoms with Crippen LogP contribution in [0.2, 0.25) is 5.02 Å². The summed E-state index contributed by atoms with van der Waals surface area (Å²) in [5.74, 6) is 1.06. The van der Waals surface area contributed by atoms with Gasteiger partial charge in [0.2, 0.25) is 0 Å². The van der Waals surface area contributed by atoms with Crippen molar-refractivity contribution in [3.05, 3.63) is 29.3 Å². The van der Waals surface area contributed by atoms with Crippen LogP contribution in [0.5, 0.6) is 5.75 Å². The molecule has 0 aromatic heterocycles. The minimum Gasteiger partial charge on any atom is -0.494 e. The molecule has 1 rings (SSSR count). The fraction of sp³-hybridized carbons (Fsp3) is 0.364. The van der Waals surface area contributed by atoms with E-state index in [1.165, 1.54) is 0 Å². The standard InChI is InChI=1S/C11H15ClN2O2/c12-9-4-6-10(7-5-9)16-8-2-1-3-11(13)14-15/h4-7,15H,1-3,8H2,(H2,13,14). The van der Waals surface area contributed by atoms with Crippen LogP contribution in [0.4, 0.5) is 0 Å². The molecule has 1 aromatic rings. The molecule has 0 amide bonds. The van der Waals surface area contributed by atoms with Crippen LogP contribution in [0.25, 0.3) is 0 Å². The molecule has 0 spiro atoms. The number of oxime groups is 1. The first kappa shape index (κ1) is 12.6. The quantitative estimate of drug-likeness (QED) is 0.265. The van der Waals surface area contributed by atoms with Crippen LogP contribution >= 0.6 is 11.6 Å². The van der Waals surface area contributed by atoms with Crippen molar-refractivity contribution in [3.63, 3.8) is 0 Å². The van der Waals surface area contributed by atoms with Gasteiger partial charge in [-0.2, -0.15) is 0 Å². The van der Waals surface area contributed by atoms with Gasteiger partial charge in [-0.3, -0.25) is 0 Å². The van der Waals surface area contributed by atoms with Crippen molar-refractivity contribution in [3.8, 4) is 5.75 Å². The maximum atomic E-state index is 8.31. The van der Waals surface area contributed by atoms with E-state index in [1.807, 2.05) is 12.1 Å². The molecule has 1 aromatic carbocycles. The number of halogens is 1. The van der Waals surface area contributed by atoms with E-state index < -0.39 is 0 Å². The SMILES string of the molecule is N/C(CCCCOc1ccc(Cl)cc1)=N/O. The number of unbranched alkanes of at least 4 members (excludes halogenated alkanes) is 1. The summed E-state index contributed by atoms with van der Waals surface area (Å²) in [6, 6.07) is 7.22. The van der Waals surface area contributed by atoms with Gasteiger partial charge in [0.1, 0.15) is 11.6 Å². The number of amidine groups is 1. The average Bonchev–Trinajstić information content (AvgIpc) is 2.31. The van der Waals surface area contributed by atoms with Crippen LogP contribution in [0.3, 0.4) is 0 Å². The second-order valence-corrected chi connectivity index (χ2v) is 3.79. The average molecular weight is 243 g/mol. The molecule has 0 aliphatic carbocycles. The Kier molecular flexibility index (Phi) is 5.50. The summed E-state index contributed by atoms with van der Waals surface area (Å²) < 4.78 is 5.47. The van der Waals surface area contributed by atoms with Gasteiger partial charge in [0, 0.05) is 11.4 Å². The molecule has 0 fully saturated rings. The summed E-state index contributed by atoms with van der Waals surface area (Å²) in [7, 11) is 0. The van der Waals surface area contributed by atoms with Gasteiger partial charge in [0.05, 0.1) is 6.61 Å². The van der Waals surface area contributed by atoms with Crippen LogP contribution in [-0.2, 0) is 0 Å². The molecule has 0 saturated carbocycles. The maximum Gasteiger partial charge on any atom is 0.139 e. The number of hydrogen-bond donors (Lipinski definition) is 2. The monoisotopic (exact) mass is 242 g/mol. The van der Waals surface area contributed by atoms with E-state index in [-0.39, 0.29) is 5.84 Å². The van der Waals surface area contributed by atoms with E-state index in [1.54, 1.807) is 12.1 Å². The molecule has 0 saturated heterocycles. The van der Waals surface area contributed by atoms with Gasteiger partial charge < -0.3 is 15.7 Å². The first-order valence-electron chi connectivity index (χ1n) is 5.07. The summed E-state index contributed by atoms with van der Waals surface area (Å²) in [5, 5.41) is 11.9. The molecule has 0 atom stereocenters. The number of nitrogens with zero attached hydrogens (tertiary/aromatic N) is 1. The second kappa shape index (κ2) is 6.95. The van der Waals surface area contributed by atoms with E-state index in [0.717, 1.165) is 18.6 Å². The third-order valence-electron chi connectivity index (χ3n) is 2.04. The van der Waals surface area contributed by atoms with E-state index in [4.69, 9.17) is 27.3 Å². The Balaban J connectivity index is 2.14. The fourth-order valence-corrected chi connectivity index (χ4v) is 1.31. The van der Waals surface area contributed by atoms with Crippen molar-refractivity contribution in [2.75, 3.05) is 6.61 Å². The molecule has 0 aliphatic heterocycles. The highest BCUT2D eigenvalue weighted by Crippen LogP contribution is 2.15. The lowest BCUT2D eigenvalue weighted by atomic mass is 10.2. The zero-order valence-corrected chi connectivity index (χ0v) is 9.65. The lowest BCUT2D eigenvalue weighted by Crippen LogP contribution is -2.11. The minimum atomic E-state index is 0.256. The number of benzene rings is 1. The number of hydrogen-bond acceptors (Lipinski definition) is 3. The van der Waals surface area contributed by atoms with Crippen LogP contribution < -0.4 is 10.5 Å². The molecule has 4 nitrogen and oxygen atoms in total. The van der Waals surface area contributed by atoms with Crippen LogP contribution in [0.1, 0.15) is 19.3 Å². The van der Waals surface area contributed by atoms with Gasteiger partial charge in [0.15, 0.2) is 0 Å². The topological polar surface area (TPSA) is 67.8 Å². The van der Waals surface area contributed by atoms with Gasteiger partial charge in [-0.1, -0.05) is 16.8 Å². The van der Waals surface area contributed by atoms with Crippen molar-refractivity contribution in [2.45, 2.75) is 19.3 Å². The minimum absolute atomic E-state index is 0.256. The molecule has 0 unspecified atom stereocenters. The summed E-state index contributed by atoms with van der Waals surface area (Å²) in [6.07, 6.45) is 2.28. The van der Waals surface area contributed by atoms with Crippen molar-refractivity contribution in [1.29, 1.82) is 0 Å². The first-order valence-corrected chi connectivity index (χ1v) is 5.45. The summed E-state index contributed by atoms with van der Waals surface area (Å²) in [6.45, 7) is 0.611. The number of rotatable bonds is 6. The molecule has 0 bridgehead atoms. The predicted octanol–water partition coefficient (Wildman–Crippen LogP) is 2.64. The largest absolute Gasteiger partial charge is 0.494 e. The Bertz CT molecular complexity index is 338. The molecule has 0 radical (unpaired) electrons.